The minimum absolute atomic E-state index is 0.0777. The molecule has 0 bridgehead atoms. The summed E-state index contributed by atoms with van der Waals surface area (Å²) in [5.74, 6) is 1.31. The van der Waals surface area contributed by atoms with E-state index in [-0.39, 0.29) is 16.8 Å². The Kier molecular flexibility index (Phi) is 5.85. The number of benzene rings is 2. The van der Waals surface area contributed by atoms with Crippen LogP contribution < -0.4 is 10.1 Å². The smallest absolute Gasteiger partial charge is 0.243 e. The first kappa shape index (κ1) is 20.3. The van der Waals surface area contributed by atoms with E-state index in [1.165, 1.54) is 28.4 Å². The summed E-state index contributed by atoms with van der Waals surface area (Å²) in [4.78, 5) is 14.4. The molecule has 29 heavy (non-hydrogen) atoms. The van der Waals surface area contributed by atoms with Gasteiger partial charge in [-0.2, -0.15) is 4.31 Å². The molecule has 8 heteroatoms. The molecule has 0 aromatic heterocycles. The molecule has 0 aliphatic carbocycles. The van der Waals surface area contributed by atoms with Crippen LogP contribution in [0.25, 0.3) is 0 Å². The van der Waals surface area contributed by atoms with E-state index in [1.54, 1.807) is 23.9 Å². The molecule has 6 nitrogen and oxygen atoms in total. The highest BCUT2D eigenvalue weighted by atomic mass is 32.2. The van der Waals surface area contributed by atoms with Crippen molar-refractivity contribution in [1.82, 2.24) is 9.62 Å². The molecule has 0 saturated carbocycles. The van der Waals surface area contributed by atoms with Gasteiger partial charge in [0.2, 0.25) is 15.9 Å². The third-order valence-electron chi connectivity index (χ3n) is 5.45. The van der Waals surface area contributed by atoms with E-state index in [9.17, 15) is 13.2 Å². The van der Waals surface area contributed by atoms with Crippen molar-refractivity contribution in [3.8, 4) is 5.75 Å². The van der Waals surface area contributed by atoms with E-state index in [0.29, 0.717) is 25.1 Å². The second-order valence-electron chi connectivity index (χ2n) is 7.19. The molecule has 1 amide bonds. The van der Waals surface area contributed by atoms with Crippen LogP contribution in [-0.4, -0.2) is 44.1 Å². The number of hydrogen-bond donors (Lipinski definition) is 1. The van der Waals surface area contributed by atoms with Gasteiger partial charge in [-0.25, -0.2) is 8.42 Å². The maximum absolute atomic E-state index is 13.1. The Morgan fingerprint density at radius 3 is 2.66 bits per heavy atom. The van der Waals surface area contributed by atoms with Crippen LogP contribution in [0, 0.1) is 0 Å². The maximum Gasteiger partial charge on any atom is 0.243 e. The molecule has 2 heterocycles. The third kappa shape index (κ3) is 4.01. The van der Waals surface area contributed by atoms with E-state index in [4.69, 9.17) is 4.74 Å². The zero-order chi connectivity index (χ0) is 20.4. The minimum atomic E-state index is -3.75. The second-order valence-corrected chi connectivity index (χ2v) is 10.2. The van der Waals surface area contributed by atoms with Crippen LogP contribution in [0.5, 0.6) is 5.75 Å². The van der Waals surface area contributed by atoms with Crippen LogP contribution in [0.3, 0.4) is 0 Å². The molecule has 4 rings (SSSR count). The summed E-state index contributed by atoms with van der Waals surface area (Å²) < 4.78 is 32.7. The van der Waals surface area contributed by atoms with E-state index in [0.717, 1.165) is 17.7 Å². The topological polar surface area (TPSA) is 75.7 Å². The Morgan fingerprint density at radius 2 is 1.90 bits per heavy atom. The standard InChI is InChI=1S/C21H24N2O4S2/c1-27-15-8-10-16(11-9-15)29(25,26)23-13-4-6-19(23)21(24)22-18-12-14-28-20-7-3-2-5-17(18)20/h2-3,5,7-11,18-19H,4,6,12-14H2,1H3,(H,22,24)/t18-,19-/m1/s1. The van der Waals surface area contributed by atoms with E-state index in [1.807, 2.05) is 18.2 Å². The number of hydrogen-bond acceptors (Lipinski definition) is 5. The lowest BCUT2D eigenvalue weighted by Gasteiger charge is -2.29. The van der Waals surface area contributed by atoms with Crippen molar-refractivity contribution in [3.05, 3.63) is 54.1 Å². The van der Waals surface area contributed by atoms with Gasteiger partial charge in [-0.15, -0.1) is 11.8 Å². The highest BCUT2D eigenvalue weighted by Gasteiger charge is 2.40. The van der Waals surface area contributed by atoms with Gasteiger partial charge in [0.1, 0.15) is 11.8 Å². The van der Waals surface area contributed by atoms with Gasteiger partial charge in [0.15, 0.2) is 0 Å². The zero-order valence-electron chi connectivity index (χ0n) is 16.2. The first-order chi connectivity index (χ1) is 14.0. The second kappa shape index (κ2) is 8.38. The van der Waals surface area contributed by atoms with Crippen molar-refractivity contribution in [1.29, 1.82) is 0 Å². The predicted molar refractivity (Wildman–Crippen MR) is 113 cm³/mol. The van der Waals surface area contributed by atoms with Crippen LogP contribution in [0.15, 0.2) is 58.3 Å². The van der Waals surface area contributed by atoms with Gasteiger partial charge in [-0.3, -0.25) is 4.79 Å². The van der Waals surface area contributed by atoms with E-state index >= 15 is 0 Å². The minimum Gasteiger partial charge on any atom is -0.497 e. The summed E-state index contributed by atoms with van der Waals surface area (Å²) in [7, 11) is -2.21. The number of nitrogens with one attached hydrogen (secondary N) is 1. The fourth-order valence-electron chi connectivity index (χ4n) is 3.93. The molecule has 0 unspecified atom stereocenters. The average Bonchev–Trinajstić information content (AvgIpc) is 3.25. The lowest BCUT2D eigenvalue weighted by atomic mass is 10.0. The summed E-state index contributed by atoms with van der Waals surface area (Å²) in [6, 6.07) is 13.6. The summed E-state index contributed by atoms with van der Waals surface area (Å²) in [6.07, 6.45) is 2.04. The Hall–Kier alpha value is -2.03. The van der Waals surface area contributed by atoms with Crippen molar-refractivity contribution in [2.75, 3.05) is 19.4 Å². The summed E-state index contributed by atoms with van der Waals surface area (Å²) >= 11 is 1.79. The number of sulfonamides is 1. The zero-order valence-corrected chi connectivity index (χ0v) is 17.8. The summed E-state index contributed by atoms with van der Waals surface area (Å²) in [5.41, 5.74) is 1.11. The number of carbonyl (C=O) groups excluding carboxylic acids is 1. The number of ether oxygens (including phenoxy) is 1. The first-order valence-electron chi connectivity index (χ1n) is 9.68. The maximum atomic E-state index is 13.1. The number of carbonyl (C=O) groups is 1. The highest BCUT2D eigenvalue weighted by Crippen LogP contribution is 2.36. The third-order valence-corrected chi connectivity index (χ3v) is 8.49. The molecule has 154 valence electrons. The van der Waals surface area contributed by atoms with E-state index in [2.05, 4.69) is 11.4 Å². The van der Waals surface area contributed by atoms with Crippen molar-refractivity contribution in [2.45, 2.75) is 41.1 Å². The monoisotopic (exact) mass is 432 g/mol. The molecular weight excluding hydrogens is 408 g/mol. The van der Waals surface area contributed by atoms with Gasteiger partial charge in [-0.05, 0) is 55.2 Å². The molecule has 0 radical (unpaired) electrons. The lowest BCUT2D eigenvalue weighted by molar-refractivity contribution is -0.125. The Labute approximate surface area is 175 Å². The number of amides is 1. The Bertz CT molecular complexity index is 992. The molecule has 2 aromatic rings. The molecule has 1 saturated heterocycles. The molecule has 2 atom stereocenters. The fourth-order valence-corrected chi connectivity index (χ4v) is 6.71. The van der Waals surface area contributed by atoms with Crippen LogP contribution in [-0.2, 0) is 14.8 Å². The molecule has 2 aliphatic rings. The quantitative estimate of drug-likeness (QED) is 0.785. The lowest BCUT2D eigenvalue weighted by Crippen LogP contribution is -2.47. The van der Waals surface area contributed by atoms with E-state index < -0.39 is 16.1 Å². The molecular formula is C21H24N2O4S2. The average molecular weight is 433 g/mol. The Morgan fingerprint density at radius 1 is 1.14 bits per heavy atom. The van der Waals surface area contributed by atoms with Crippen molar-refractivity contribution >= 4 is 27.7 Å². The molecule has 2 aromatic carbocycles. The number of nitrogens with zero attached hydrogens (tertiary/aromatic N) is 1. The van der Waals surface area contributed by atoms with Gasteiger partial charge >= 0.3 is 0 Å². The van der Waals surface area contributed by atoms with Crippen molar-refractivity contribution in [3.63, 3.8) is 0 Å². The normalized spacial score (nSPS) is 22.1. The summed E-state index contributed by atoms with van der Waals surface area (Å²) in [5, 5.41) is 3.11. The molecule has 1 N–H and O–H groups in total. The predicted octanol–water partition coefficient (Wildman–Crippen LogP) is 3.20. The number of rotatable bonds is 5. The van der Waals surface area contributed by atoms with Crippen LogP contribution in [0.2, 0.25) is 0 Å². The van der Waals surface area contributed by atoms with Gasteiger partial charge in [-0.1, -0.05) is 18.2 Å². The number of methoxy groups -OCH3 is 1. The van der Waals surface area contributed by atoms with Crippen LogP contribution in [0.1, 0.15) is 30.9 Å². The van der Waals surface area contributed by atoms with Crippen molar-refractivity contribution < 1.29 is 17.9 Å². The summed E-state index contributed by atoms with van der Waals surface area (Å²) in [6.45, 7) is 0.351. The molecule has 0 spiro atoms. The Balaban J connectivity index is 1.53. The highest BCUT2D eigenvalue weighted by molar-refractivity contribution is 7.99. The van der Waals surface area contributed by atoms with Gasteiger partial charge in [0.05, 0.1) is 18.0 Å². The van der Waals surface area contributed by atoms with Gasteiger partial charge in [0.25, 0.3) is 0 Å². The SMILES string of the molecule is COc1ccc(S(=O)(=O)N2CCC[C@@H]2C(=O)N[C@@H]2CCSc3ccccc32)cc1. The first-order valence-corrected chi connectivity index (χ1v) is 12.1. The van der Waals surface area contributed by atoms with Gasteiger partial charge < -0.3 is 10.1 Å². The number of fused-ring (bicyclic) bond motifs is 1. The molecule has 1 fully saturated rings. The number of thioether (sulfide) groups is 1. The largest absolute Gasteiger partial charge is 0.497 e. The van der Waals surface area contributed by atoms with Crippen LogP contribution in [0.4, 0.5) is 0 Å². The molecule has 2 aliphatic heterocycles. The van der Waals surface area contributed by atoms with Crippen molar-refractivity contribution in [2.24, 2.45) is 0 Å². The van der Waals surface area contributed by atoms with Gasteiger partial charge in [0, 0.05) is 17.2 Å². The van der Waals surface area contributed by atoms with Crippen LogP contribution >= 0.6 is 11.8 Å². The fraction of sp³-hybridized carbons (Fsp3) is 0.381.